The highest BCUT2D eigenvalue weighted by Crippen LogP contribution is 2.66. The van der Waals surface area contributed by atoms with Crippen molar-refractivity contribution in [2.75, 3.05) is 22.9 Å². The van der Waals surface area contributed by atoms with Crippen LogP contribution in [0.15, 0.2) is 97.1 Å². The number of amides is 2. The number of anilines is 2. The third-order valence-electron chi connectivity index (χ3n) is 11.2. The third kappa shape index (κ3) is 3.46. The molecule has 0 bridgehead atoms. The Balaban J connectivity index is 1.35. The first-order chi connectivity index (χ1) is 22.5. The van der Waals surface area contributed by atoms with Crippen molar-refractivity contribution in [2.24, 2.45) is 0 Å². The molecular weight excluding hydrogens is 582 g/mol. The number of carbonyl (C=O) groups excluding carboxylic acids is 2. The molecule has 3 fully saturated rings. The quantitative estimate of drug-likeness (QED) is 0.279. The number of fused-ring (bicyclic) bond motifs is 10. The van der Waals surface area contributed by atoms with Crippen molar-refractivity contribution in [3.63, 3.8) is 0 Å². The lowest BCUT2D eigenvalue weighted by atomic mass is 9.64. The predicted octanol–water partition coefficient (Wildman–Crippen LogP) is 6.09. The molecule has 5 aliphatic rings. The Labute approximate surface area is 266 Å². The van der Waals surface area contributed by atoms with Gasteiger partial charge in [-0.25, -0.2) is 8.78 Å². The molecule has 2 amide bonds. The predicted molar refractivity (Wildman–Crippen MR) is 171 cm³/mol. The molecule has 8 heteroatoms. The zero-order chi connectivity index (χ0) is 31.2. The Bertz CT molecular complexity index is 1750. The van der Waals surface area contributed by atoms with Gasteiger partial charge in [-0.1, -0.05) is 60.7 Å². The van der Waals surface area contributed by atoms with Gasteiger partial charge in [-0.2, -0.15) is 0 Å². The molecule has 232 valence electrons. The summed E-state index contributed by atoms with van der Waals surface area (Å²) in [6.07, 6.45) is 3.49. The molecular formula is C38H34F2N4O2. The van der Waals surface area contributed by atoms with Gasteiger partial charge < -0.3 is 9.80 Å². The van der Waals surface area contributed by atoms with Gasteiger partial charge in [0.1, 0.15) is 11.6 Å². The largest absolute Gasteiger partial charge is 0.306 e. The minimum atomic E-state index is -1.59. The molecule has 4 atom stereocenters. The van der Waals surface area contributed by atoms with E-state index in [2.05, 4.69) is 9.80 Å². The summed E-state index contributed by atoms with van der Waals surface area (Å²) < 4.78 is 31.1. The van der Waals surface area contributed by atoms with Crippen molar-refractivity contribution in [3.05, 3.63) is 131 Å². The molecule has 0 radical (unpaired) electrons. The number of piperazine rings is 1. The first-order valence-corrected chi connectivity index (χ1v) is 16.3. The van der Waals surface area contributed by atoms with Gasteiger partial charge in [0.25, 0.3) is 11.8 Å². The van der Waals surface area contributed by atoms with Gasteiger partial charge in [0.15, 0.2) is 11.1 Å². The third-order valence-corrected chi connectivity index (χ3v) is 11.2. The Kier molecular flexibility index (Phi) is 6.09. The first kappa shape index (κ1) is 27.9. The van der Waals surface area contributed by atoms with Crippen molar-refractivity contribution in [1.29, 1.82) is 0 Å². The number of hydrogen-bond donors (Lipinski definition) is 0. The molecule has 4 aromatic carbocycles. The van der Waals surface area contributed by atoms with Crippen LogP contribution in [0.3, 0.4) is 0 Å². The van der Waals surface area contributed by atoms with Crippen LogP contribution in [0.25, 0.3) is 0 Å². The maximum atomic E-state index is 15.7. The van der Waals surface area contributed by atoms with Gasteiger partial charge in [0, 0.05) is 47.7 Å². The van der Waals surface area contributed by atoms with E-state index < -0.39 is 22.7 Å². The zero-order valence-electron chi connectivity index (χ0n) is 25.4. The second-order valence-corrected chi connectivity index (χ2v) is 13.3. The number of hydrogen-bond acceptors (Lipinski definition) is 4. The van der Waals surface area contributed by atoms with Crippen LogP contribution in [0, 0.1) is 11.6 Å². The summed E-state index contributed by atoms with van der Waals surface area (Å²) in [6, 6.07) is 28.6. The van der Waals surface area contributed by atoms with Crippen molar-refractivity contribution < 1.29 is 18.4 Å². The molecule has 9 rings (SSSR count). The molecule has 6 nitrogen and oxygen atoms in total. The highest BCUT2D eigenvalue weighted by Gasteiger charge is 2.80. The fourth-order valence-corrected chi connectivity index (χ4v) is 9.64. The zero-order valence-corrected chi connectivity index (χ0v) is 25.4. The average molecular weight is 617 g/mol. The van der Waals surface area contributed by atoms with E-state index in [9.17, 15) is 0 Å². The molecule has 0 aliphatic carbocycles. The summed E-state index contributed by atoms with van der Waals surface area (Å²) in [5.74, 6) is -1.43. The van der Waals surface area contributed by atoms with Gasteiger partial charge in [-0.05, 0) is 73.2 Å². The minimum Gasteiger partial charge on any atom is -0.306 e. The van der Waals surface area contributed by atoms with Crippen LogP contribution in [-0.4, -0.2) is 46.8 Å². The maximum absolute atomic E-state index is 15.7. The normalized spacial score (nSPS) is 28.3. The number of nitrogens with zero attached hydrogens (tertiary/aromatic N) is 4. The van der Waals surface area contributed by atoms with E-state index >= 15 is 18.4 Å². The van der Waals surface area contributed by atoms with Crippen LogP contribution < -0.4 is 9.80 Å². The number of rotatable bonds is 4. The van der Waals surface area contributed by atoms with Crippen molar-refractivity contribution in [2.45, 2.75) is 61.9 Å². The van der Waals surface area contributed by atoms with Gasteiger partial charge in [-0.3, -0.25) is 19.4 Å². The van der Waals surface area contributed by atoms with E-state index in [-0.39, 0.29) is 37.0 Å². The molecule has 4 aromatic rings. The maximum Gasteiger partial charge on any atom is 0.255 e. The second-order valence-electron chi connectivity index (χ2n) is 13.3. The van der Waals surface area contributed by atoms with Crippen molar-refractivity contribution in [1.82, 2.24) is 9.80 Å². The van der Waals surface area contributed by atoms with Crippen molar-refractivity contribution in [3.8, 4) is 0 Å². The number of carbonyl (C=O) groups is 2. The summed E-state index contributed by atoms with van der Waals surface area (Å²) in [7, 11) is 0. The molecule has 2 unspecified atom stereocenters. The Morgan fingerprint density at radius 3 is 1.41 bits per heavy atom. The van der Waals surface area contributed by atoms with Crippen LogP contribution in [-0.2, 0) is 33.8 Å². The smallest absolute Gasteiger partial charge is 0.255 e. The van der Waals surface area contributed by atoms with Crippen LogP contribution in [0.2, 0.25) is 0 Å². The lowest BCUT2D eigenvalue weighted by Gasteiger charge is -2.61. The molecule has 46 heavy (non-hydrogen) atoms. The summed E-state index contributed by atoms with van der Waals surface area (Å²) in [5.41, 5.74) is 0.875. The monoisotopic (exact) mass is 616 g/mol. The molecule has 2 spiro atoms. The van der Waals surface area contributed by atoms with Gasteiger partial charge >= 0.3 is 0 Å². The minimum absolute atomic E-state index is 0.0119. The Morgan fingerprint density at radius 2 is 1.00 bits per heavy atom. The van der Waals surface area contributed by atoms with E-state index in [1.165, 1.54) is 24.3 Å². The Hall–Kier alpha value is -4.40. The van der Waals surface area contributed by atoms with E-state index in [0.717, 1.165) is 36.8 Å². The first-order valence-electron chi connectivity index (χ1n) is 16.3. The molecule has 0 saturated carbocycles. The molecule has 3 saturated heterocycles. The van der Waals surface area contributed by atoms with E-state index in [0.29, 0.717) is 35.6 Å². The van der Waals surface area contributed by atoms with Crippen molar-refractivity contribution >= 4 is 23.2 Å². The fraction of sp³-hybridized carbons (Fsp3) is 0.316. The lowest BCUT2D eigenvalue weighted by molar-refractivity contribution is -0.180. The number of halogens is 2. The van der Waals surface area contributed by atoms with E-state index in [1.807, 2.05) is 60.7 Å². The van der Waals surface area contributed by atoms with Crippen LogP contribution in [0.5, 0.6) is 0 Å². The molecule has 5 heterocycles. The standard InChI is InChI=1S/C38H34F2N4O2/c39-27-15-17-31-29(21-27)37(35(45)41(31)23-25-9-3-1-4-10-25)38(44-20-8-14-34(44)33-13-7-19-43(33)37)30-22-28(40)16-18-32(30)42(36(38)46)24-26-11-5-2-6-12-26/h1-6,9-12,15-18,21-22,33-34H,7-8,13-14,19-20,23-24H2/t33?,34?,37-,38-/m1/s1. The summed E-state index contributed by atoms with van der Waals surface area (Å²) in [4.78, 5) is 39.4. The highest BCUT2D eigenvalue weighted by atomic mass is 19.1. The van der Waals surface area contributed by atoms with E-state index in [4.69, 9.17) is 0 Å². The molecule has 0 N–H and O–H groups in total. The SMILES string of the molecule is O=C1N(Cc2ccccc2)c2ccc(F)cc2[C@@]12N1CCCC1C1CCCN1[C@]21C(=O)N(Cc2ccccc2)c2ccc(F)cc21. The number of benzene rings is 4. The van der Waals surface area contributed by atoms with Crippen LogP contribution in [0.1, 0.15) is 47.9 Å². The van der Waals surface area contributed by atoms with E-state index in [1.54, 1.807) is 21.9 Å². The van der Waals surface area contributed by atoms with Gasteiger partial charge in [-0.15, -0.1) is 0 Å². The topological polar surface area (TPSA) is 47.1 Å². The fourth-order valence-electron chi connectivity index (χ4n) is 9.64. The summed E-state index contributed by atoms with van der Waals surface area (Å²) in [6.45, 7) is 1.73. The van der Waals surface area contributed by atoms with Crippen LogP contribution >= 0.6 is 0 Å². The summed E-state index contributed by atoms with van der Waals surface area (Å²) >= 11 is 0. The Morgan fingerprint density at radius 1 is 0.587 bits per heavy atom. The highest BCUT2D eigenvalue weighted by molar-refractivity contribution is 6.18. The molecule has 0 aromatic heterocycles. The average Bonchev–Trinajstić information content (AvgIpc) is 3.84. The lowest BCUT2D eigenvalue weighted by Crippen LogP contribution is -2.80. The summed E-state index contributed by atoms with van der Waals surface area (Å²) in [5, 5.41) is 0. The van der Waals surface area contributed by atoms with Gasteiger partial charge in [0.05, 0.1) is 13.1 Å². The van der Waals surface area contributed by atoms with Gasteiger partial charge in [0.2, 0.25) is 0 Å². The van der Waals surface area contributed by atoms with Crippen LogP contribution in [0.4, 0.5) is 20.2 Å². The second kappa shape index (κ2) is 10.0. The molecule has 5 aliphatic heterocycles.